The molecule has 0 radical (unpaired) electrons. The van der Waals surface area contributed by atoms with Crippen LogP contribution in [0.1, 0.15) is 19.4 Å². The molecule has 0 aliphatic rings. The molecule has 0 unspecified atom stereocenters. The second kappa shape index (κ2) is 8.14. The average Bonchev–Trinajstić information content (AvgIpc) is 2.40. The van der Waals surface area contributed by atoms with Gasteiger partial charge >= 0.3 is 6.09 Å². The van der Waals surface area contributed by atoms with Crippen molar-refractivity contribution < 1.29 is 18.7 Å². The van der Waals surface area contributed by atoms with Crippen molar-refractivity contribution in [2.45, 2.75) is 20.4 Å². The van der Waals surface area contributed by atoms with Crippen LogP contribution in [0.3, 0.4) is 0 Å². The van der Waals surface area contributed by atoms with Crippen LogP contribution in [0.5, 0.6) is 0 Å². The van der Waals surface area contributed by atoms with Crippen molar-refractivity contribution in [1.29, 1.82) is 0 Å². The first-order valence-corrected chi connectivity index (χ1v) is 6.44. The molecule has 1 rings (SSSR count). The fourth-order valence-corrected chi connectivity index (χ4v) is 1.66. The summed E-state index contributed by atoms with van der Waals surface area (Å²) in [6.07, 6.45) is -0.526. The molecule has 1 aromatic rings. The largest absolute Gasteiger partial charge is 0.450 e. The molecule has 0 aromatic heterocycles. The monoisotopic (exact) mass is 282 g/mol. The highest BCUT2D eigenvalue weighted by Crippen LogP contribution is 2.09. The third kappa shape index (κ3) is 5.26. The molecule has 0 heterocycles. The van der Waals surface area contributed by atoms with Gasteiger partial charge in [0.05, 0.1) is 6.61 Å². The van der Waals surface area contributed by atoms with E-state index in [-0.39, 0.29) is 31.4 Å². The van der Waals surface area contributed by atoms with Gasteiger partial charge in [-0.15, -0.1) is 0 Å². The summed E-state index contributed by atoms with van der Waals surface area (Å²) >= 11 is 0. The summed E-state index contributed by atoms with van der Waals surface area (Å²) in [4.78, 5) is 24.1. The van der Waals surface area contributed by atoms with Crippen LogP contribution in [0.2, 0.25) is 0 Å². The normalized spacial score (nSPS) is 9.95. The highest BCUT2D eigenvalue weighted by Gasteiger charge is 2.12. The number of hydrogen-bond acceptors (Lipinski definition) is 3. The van der Waals surface area contributed by atoms with Crippen LogP contribution >= 0.6 is 0 Å². The third-order valence-corrected chi connectivity index (χ3v) is 2.69. The first-order valence-electron chi connectivity index (χ1n) is 6.44. The molecule has 0 aliphatic carbocycles. The summed E-state index contributed by atoms with van der Waals surface area (Å²) < 4.78 is 18.2. The molecule has 0 spiro atoms. The Balaban J connectivity index is 2.51. The number of alkyl carbamates (subject to hydrolysis) is 1. The third-order valence-electron chi connectivity index (χ3n) is 2.69. The topological polar surface area (TPSA) is 58.6 Å². The number of rotatable bonds is 6. The van der Waals surface area contributed by atoms with Gasteiger partial charge in [0.1, 0.15) is 5.82 Å². The van der Waals surface area contributed by atoms with Crippen molar-refractivity contribution >= 4 is 12.0 Å². The molecular formula is C14H19FN2O3. The van der Waals surface area contributed by atoms with Crippen molar-refractivity contribution in [2.24, 2.45) is 0 Å². The molecule has 6 heteroatoms. The van der Waals surface area contributed by atoms with E-state index in [1.165, 1.54) is 17.9 Å². The second-order valence-corrected chi connectivity index (χ2v) is 4.18. The lowest BCUT2D eigenvalue weighted by Crippen LogP contribution is -2.37. The zero-order chi connectivity index (χ0) is 15.0. The molecule has 0 saturated carbocycles. The van der Waals surface area contributed by atoms with E-state index in [0.717, 1.165) is 0 Å². The first-order chi connectivity index (χ1) is 9.54. The predicted octanol–water partition coefficient (Wildman–Crippen LogP) is 1.92. The quantitative estimate of drug-likeness (QED) is 0.867. The fraction of sp³-hybridized carbons (Fsp3) is 0.429. The number of benzene rings is 1. The van der Waals surface area contributed by atoms with Crippen LogP contribution in [0.15, 0.2) is 24.3 Å². The highest BCUT2D eigenvalue weighted by molar-refractivity contribution is 5.73. The maximum Gasteiger partial charge on any atom is 0.407 e. The lowest BCUT2D eigenvalue weighted by atomic mass is 10.2. The molecule has 1 N–H and O–H groups in total. The molecular weight excluding hydrogens is 263 g/mol. The van der Waals surface area contributed by atoms with Crippen LogP contribution in [0.4, 0.5) is 9.18 Å². The number of nitrogens with zero attached hydrogens (tertiary/aromatic N) is 1. The van der Waals surface area contributed by atoms with Gasteiger partial charge < -0.3 is 15.0 Å². The summed E-state index contributed by atoms with van der Waals surface area (Å²) in [5.41, 5.74) is 0.443. The minimum absolute atomic E-state index is 0.173. The van der Waals surface area contributed by atoms with Gasteiger partial charge in [-0.3, -0.25) is 4.79 Å². The van der Waals surface area contributed by atoms with E-state index in [2.05, 4.69) is 5.32 Å². The number of halogens is 1. The Morgan fingerprint density at radius 3 is 2.65 bits per heavy atom. The molecule has 0 atom stereocenters. The number of carbonyl (C=O) groups is 2. The number of ether oxygens (including phenoxy) is 1. The summed E-state index contributed by atoms with van der Waals surface area (Å²) in [5.74, 6) is -0.531. The van der Waals surface area contributed by atoms with Crippen molar-refractivity contribution in [3.63, 3.8) is 0 Å². The lowest BCUT2D eigenvalue weighted by Gasteiger charge is -2.21. The molecule has 2 amide bonds. The van der Waals surface area contributed by atoms with Crippen LogP contribution in [0.25, 0.3) is 0 Å². The Hall–Kier alpha value is -2.11. The minimum atomic E-state index is -0.526. The van der Waals surface area contributed by atoms with Gasteiger partial charge in [0, 0.05) is 32.1 Å². The first kappa shape index (κ1) is 15.9. The molecule has 0 saturated heterocycles. The van der Waals surface area contributed by atoms with Gasteiger partial charge in [0.15, 0.2) is 0 Å². The number of carbonyl (C=O) groups excluding carboxylic acids is 2. The van der Waals surface area contributed by atoms with Crippen molar-refractivity contribution in [3.8, 4) is 0 Å². The van der Waals surface area contributed by atoms with Gasteiger partial charge in [0.25, 0.3) is 0 Å². The molecule has 0 aliphatic heterocycles. The van der Waals surface area contributed by atoms with Gasteiger partial charge in [-0.25, -0.2) is 9.18 Å². The summed E-state index contributed by atoms with van der Waals surface area (Å²) in [5, 5.41) is 2.52. The molecule has 0 fully saturated rings. The Morgan fingerprint density at radius 1 is 1.35 bits per heavy atom. The van der Waals surface area contributed by atoms with Gasteiger partial charge in [-0.2, -0.15) is 0 Å². The Kier molecular flexibility index (Phi) is 6.49. The van der Waals surface area contributed by atoms with Crippen LogP contribution in [-0.4, -0.2) is 36.6 Å². The molecule has 1 aromatic carbocycles. The molecule has 110 valence electrons. The van der Waals surface area contributed by atoms with E-state index >= 15 is 0 Å². The van der Waals surface area contributed by atoms with Crippen molar-refractivity contribution in [1.82, 2.24) is 10.2 Å². The lowest BCUT2D eigenvalue weighted by molar-refractivity contribution is -0.129. The molecule has 5 nitrogen and oxygen atoms in total. The Morgan fingerprint density at radius 2 is 2.05 bits per heavy atom. The number of hydrogen-bond donors (Lipinski definition) is 1. The standard InChI is InChI=1S/C14H19FN2O3/c1-3-20-14(19)16-8-9-17(11(2)18)10-12-6-4-5-7-13(12)15/h4-7H,3,8-10H2,1-2H3,(H,16,19). The summed E-state index contributed by atoms with van der Waals surface area (Å²) in [6.45, 7) is 4.13. The zero-order valence-corrected chi connectivity index (χ0v) is 11.7. The van der Waals surface area contributed by atoms with E-state index in [9.17, 15) is 14.0 Å². The Bertz CT molecular complexity index is 465. The van der Waals surface area contributed by atoms with E-state index in [4.69, 9.17) is 4.74 Å². The number of nitrogens with one attached hydrogen (secondary N) is 1. The zero-order valence-electron chi connectivity index (χ0n) is 11.7. The van der Waals surface area contributed by atoms with Gasteiger partial charge in [-0.1, -0.05) is 18.2 Å². The van der Waals surface area contributed by atoms with E-state index in [1.807, 2.05) is 0 Å². The fourth-order valence-electron chi connectivity index (χ4n) is 1.66. The molecule has 0 bridgehead atoms. The smallest absolute Gasteiger partial charge is 0.407 e. The summed E-state index contributed by atoms with van der Waals surface area (Å²) in [6, 6.07) is 6.29. The van der Waals surface area contributed by atoms with Gasteiger partial charge in [-0.05, 0) is 13.0 Å². The van der Waals surface area contributed by atoms with Crippen molar-refractivity contribution in [3.05, 3.63) is 35.6 Å². The minimum Gasteiger partial charge on any atom is -0.450 e. The second-order valence-electron chi connectivity index (χ2n) is 4.18. The van der Waals surface area contributed by atoms with Crippen LogP contribution in [-0.2, 0) is 16.1 Å². The molecule has 20 heavy (non-hydrogen) atoms. The number of amides is 2. The highest BCUT2D eigenvalue weighted by atomic mass is 19.1. The average molecular weight is 282 g/mol. The predicted molar refractivity (Wildman–Crippen MR) is 72.5 cm³/mol. The Labute approximate surface area is 117 Å². The van der Waals surface area contributed by atoms with E-state index in [0.29, 0.717) is 12.1 Å². The summed E-state index contributed by atoms with van der Waals surface area (Å²) in [7, 11) is 0. The maximum atomic E-state index is 13.5. The maximum absolute atomic E-state index is 13.5. The van der Waals surface area contributed by atoms with Crippen LogP contribution < -0.4 is 5.32 Å². The van der Waals surface area contributed by atoms with Crippen LogP contribution in [0, 0.1) is 5.82 Å². The van der Waals surface area contributed by atoms with E-state index in [1.54, 1.807) is 25.1 Å². The van der Waals surface area contributed by atoms with Crippen molar-refractivity contribution in [2.75, 3.05) is 19.7 Å². The SMILES string of the molecule is CCOC(=O)NCCN(Cc1ccccc1F)C(C)=O. The van der Waals surface area contributed by atoms with E-state index < -0.39 is 6.09 Å². The van der Waals surface area contributed by atoms with Gasteiger partial charge in [0.2, 0.25) is 5.91 Å².